The first kappa shape index (κ1) is 23.2. The monoisotopic (exact) mass is 440 g/mol. The first-order valence-corrected chi connectivity index (χ1v) is 10.6. The van der Waals surface area contributed by atoms with E-state index >= 15 is 0 Å². The van der Waals surface area contributed by atoms with E-state index < -0.39 is 5.97 Å². The lowest BCUT2D eigenvalue weighted by atomic mass is 10.1. The average molecular weight is 441 g/mol. The van der Waals surface area contributed by atoms with Crippen LogP contribution in [0.25, 0.3) is 6.58 Å². The molecule has 1 aliphatic rings. The van der Waals surface area contributed by atoms with E-state index in [-0.39, 0.29) is 24.7 Å². The van der Waals surface area contributed by atoms with Crippen LogP contribution in [0.5, 0.6) is 0 Å². The minimum Gasteiger partial charge on any atom is -0.428 e. The molecule has 0 saturated carbocycles. The van der Waals surface area contributed by atoms with E-state index in [1.807, 2.05) is 24.8 Å². The quantitative estimate of drug-likeness (QED) is 0.361. The number of ether oxygens (including phenoxy) is 2. The van der Waals surface area contributed by atoms with Crippen molar-refractivity contribution >= 4 is 35.7 Å². The van der Waals surface area contributed by atoms with Crippen LogP contribution < -0.4 is 21.3 Å². The van der Waals surface area contributed by atoms with Crippen molar-refractivity contribution in [2.24, 2.45) is 4.99 Å². The molecule has 0 amide bonds. The topological polar surface area (TPSA) is 114 Å². The van der Waals surface area contributed by atoms with Crippen LogP contribution >= 0.6 is 0 Å². The zero-order valence-electron chi connectivity index (χ0n) is 18.7. The SMILES string of the molecule is C=c1nc2c(c(=O)[nH]1)=Nc1cc(C)c(C)cc1N2CCCCCCC(=O)OCOC(C)=O. The summed E-state index contributed by atoms with van der Waals surface area (Å²) in [6, 6.07) is 4.06. The maximum absolute atomic E-state index is 12.5. The maximum atomic E-state index is 12.5. The van der Waals surface area contributed by atoms with Gasteiger partial charge >= 0.3 is 11.9 Å². The molecule has 1 aliphatic heterocycles. The van der Waals surface area contributed by atoms with Crippen molar-refractivity contribution in [1.29, 1.82) is 0 Å². The Morgan fingerprint density at radius 3 is 2.56 bits per heavy atom. The van der Waals surface area contributed by atoms with Crippen molar-refractivity contribution in [3.63, 3.8) is 0 Å². The summed E-state index contributed by atoms with van der Waals surface area (Å²) in [5, 5.41) is 0.295. The zero-order valence-corrected chi connectivity index (χ0v) is 18.7. The molecule has 1 aromatic heterocycles. The number of aryl methyl sites for hydroxylation is 2. The number of aromatic nitrogens is 2. The number of nitrogens with zero attached hydrogens (tertiary/aromatic N) is 3. The number of hydrogen-bond donors (Lipinski definition) is 1. The van der Waals surface area contributed by atoms with Crippen molar-refractivity contribution in [3.05, 3.63) is 44.5 Å². The standard InChI is InChI=1S/C23H28N4O5/c1-14-11-18-19(12-15(14)2)27(22-21(26-18)23(30)25-16(3)24-22)10-8-6-5-7-9-20(29)32-13-31-17(4)28/h11-12H,3,5-10,13H2,1-2,4H3,(H,25,30). The van der Waals surface area contributed by atoms with Gasteiger partial charge in [0.1, 0.15) is 5.48 Å². The second-order valence-electron chi connectivity index (χ2n) is 7.81. The fourth-order valence-corrected chi connectivity index (χ4v) is 3.48. The molecule has 0 bridgehead atoms. The fourth-order valence-electron chi connectivity index (χ4n) is 3.48. The lowest BCUT2D eigenvalue weighted by molar-refractivity contribution is -0.165. The van der Waals surface area contributed by atoms with Crippen molar-refractivity contribution in [2.45, 2.75) is 52.9 Å². The van der Waals surface area contributed by atoms with Gasteiger partial charge in [-0.25, -0.2) is 9.98 Å². The molecule has 0 fully saturated rings. The van der Waals surface area contributed by atoms with Crippen molar-refractivity contribution < 1.29 is 19.1 Å². The number of hydrogen-bond acceptors (Lipinski definition) is 8. The van der Waals surface area contributed by atoms with E-state index in [0.29, 0.717) is 29.6 Å². The molecule has 0 spiro atoms. The van der Waals surface area contributed by atoms with Crippen LogP contribution in [-0.2, 0) is 19.1 Å². The molecule has 0 radical (unpaired) electrons. The Labute approximate surface area is 185 Å². The van der Waals surface area contributed by atoms with Crippen LogP contribution in [0, 0.1) is 13.8 Å². The van der Waals surface area contributed by atoms with Gasteiger partial charge in [-0.1, -0.05) is 19.4 Å². The molecule has 0 unspecified atom stereocenters. The van der Waals surface area contributed by atoms with E-state index in [0.717, 1.165) is 41.8 Å². The van der Waals surface area contributed by atoms with Crippen LogP contribution in [-0.4, -0.2) is 35.2 Å². The molecular formula is C23H28N4O5. The third-order valence-electron chi connectivity index (χ3n) is 5.29. The van der Waals surface area contributed by atoms with Crippen LogP contribution in [0.2, 0.25) is 0 Å². The molecule has 170 valence electrons. The van der Waals surface area contributed by atoms with Crippen LogP contribution in [0.1, 0.15) is 50.2 Å². The number of rotatable bonds is 9. The molecule has 3 rings (SSSR count). The first-order valence-electron chi connectivity index (χ1n) is 10.6. The van der Waals surface area contributed by atoms with E-state index in [9.17, 15) is 14.4 Å². The van der Waals surface area contributed by atoms with Gasteiger partial charge < -0.3 is 19.4 Å². The summed E-state index contributed by atoms with van der Waals surface area (Å²) in [5.41, 5.74) is 3.91. The van der Waals surface area contributed by atoms with Gasteiger partial charge in [0.05, 0.1) is 11.4 Å². The van der Waals surface area contributed by atoms with Crippen molar-refractivity contribution in [3.8, 4) is 0 Å². The number of H-pyrrole nitrogens is 1. The van der Waals surface area contributed by atoms with Gasteiger partial charge in [-0.3, -0.25) is 14.4 Å². The number of anilines is 2. The highest BCUT2D eigenvalue weighted by atomic mass is 16.7. The van der Waals surface area contributed by atoms with Crippen molar-refractivity contribution in [2.75, 3.05) is 18.2 Å². The summed E-state index contributed by atoms with van der Waals surface area (Å²) >= 11 is 0. The number of benzene rings is 1. The minimum absolute atomic E-state index is 0.274. The summed E-state index contributed by atoms with van der Waals surface area (Å²) in [4.78, 5) is 48.4. The van der Waals surface area contributed by atoms with Gasteiger partial charge in [-0.2, -0.15) is 0 Å². The third-order valence-corrected chi connectivity index (χ3v) is 5.29. The molecule has 1 N–H and O–H groups in total. The van der Waals surface area contributed by atoms with Gasteiger partial charge in [-0.15, -0.1) is 0 Å². The molecule has 0 saturated heterocycles. The molecular weight excluding hydrogens is 412 g/mol. The maximum Gasteiger partial charge on any atom is 0.308 e. The van der Waals surface area contributed by atoms with Gasteiger partial charge in [-0.05, 0) is 49.9 Å². The Morgan fingerprint density at radius 2 is 1.81 bits per heavy atom. The van der Waals surface area contributed by atoms with Crippen LogP contribution in [0.4, 0.5) is 17.2 Å². The summed E-state index contributed by atoms with van der Waals surface area (Å²) in [7, 11) is 0. The molecule has 1 aromatic carbocycles. The van der Waals surface area contributed by atoms with E-state index in [4.69, 9.17) is 4.74 Å². The highest BCUT2D eigenvalue weighted by Crippen LogP contribution is 2.36. The van der Waals surface area contributed by atoms with E-state index in [2.05, 4.69) is 32.3 Å². The molecule has 32 heavy (non-hydrogen) atoms. The predicted molar refractivity (Wildman–Crippen MR) is 120 cm³/mol. The summed E-state index contributed by atoms with van der Waals surface area (Å²) in [6.45, 7) is 9.41. The van der Waals surface area contributed by atoms with Gasteiger partial charge in [0.25, 0.3) is 5.56 Å². The Morgan fingerprint density at radius 1 is 1.09 bits per heavy atom. The number of aromatic amines is 1. The van der Waals surface area contributed by atoms with Crippen LogP contribution in [0.15, 0.2) is 21.9 Å². The number of fused-ring (bicyclic) bond motifs is 2. The zero-order chi connectivity index (χ0) is 23.3. The molecule has 2 heterocycles. The van der Waals surface area contributed by atoms with Gasteiger partial charge in [0.2, 0.25) is 6.79 Å². The number of unbranched alkanes of at least 4 members (excludes halogenated alkanes) is 3. The molecule has 9 nitrogen and oxygen atoms in total. The number of carbonyl (C=O) groups excluding carboxylic acids is 2. The molecule has 0 atom stereocenters. The Balaban J connectivity index is 1.62. The molecule has 2 aromatic rings. The predicted octanol–water partition coefficient (Wildman–Crippen LogP) is 2.21. The second kappa shape index (κ2) is 10.2. The fraction of sp³-hybridized carbons (Fsp3) is 0.435. The summed E-state index contributed by atoms with van der Waals surface area (Å²) < 4.78 is 9.41. The smallest absolute Gasteiger partial charge is 0.308 e. The Kier molecular flexibility index (Phi) is 7.40. The van der Waals surface area contributed by atoms with Gasteiger partial charge in [0.15, 0.2) is 11.2 Å². The van der Waals surface area contributed by atoms with E-state index in [1.165, 1.54) is 6.92 Å². The third kappa shape index (κ3) is 5.60. The Hall–Kier alpha value is -3.49. The van der Waals surface area contributed by atoms with Crippen molar-refractivity contribution in [1.82, 2.24) is 9.97 Å². The highest BCUT2D eigenvalue weighted by Gasteiger charge is 2.23. The summed E-state index contributed by atoms with van der Waals surface area (Å²) in [6.07, 6.45) is 3.53. The number of nitrogens with one attached hydrogen (secondary N) is 1. The van der Waals surface area contributed by atoms with Crippen LogP contribution in [0.3, 0.4) is 0 Å². The average Bonchev–Trinajstić information content (AvgIpc) is 2.71. The largest absolute Gasteiger partial charge is 0.428 e. The molecule has 0 aliphatic carbocycles. The second-order valence-corrected chi connectivity index (χ2v) is 7.81. The van der Waals surface area contributed by atoms with E-state index in [1.54, 1.807) is 0 Å². The lowest BCUT2D eigenvalue weighted by Gasteiger charge is -2.28. The molecule has 9 heteroatoms. The van der Waals surface area contributed by atoms with Gasteiger partial charge in [0, 0.05) is 19.9 Å². The number of carbonyl (C=O) groups is 2. The first-order chi connectivity index (χ1) is 15.3. The Bertz CT molecular complexity index is 1190. The minimum atomic E-state index is -0.487. The number of esters is 2. The highest BCUT2D eigenvalue weighted by molar-refractivity contribution is 5.77. The summed E-state index contributed by atoms with van der Waals surface area (Å²) in [5.74, 6) is -0.355. The lowest BCUT2D eigenvalue weighted by Crippen LogP contribution is -2.42. The normalized spacial score (nSPS) is 11.9.